The Hall–Kier alpha value is -2.58. The number of nitrogens with zero attached hydrogens (tertiary/aromatic N) is 2. The highest BCUT2D eigenvalue weighted by atomic mass is 32.2. The third-order valence-electron chi connectivity index (χ3n) is 5.79. The summed E-state index contributed by atoms with van der Waals surface area (Å²) in [5.41, 5.74) is 0.149. The summed E-state index contributed by atoms with van der Waals surface area (Å²) in [4.78, 5) is 14.2. The summed E-state index contributed by atoms with van der Waals surface area (Å²) in [6, 6.07) is 14.0. The number of amides is 1. The Bertz CT molecular complexity index is 1040. The zero-order valence-electron chi connectivity index (χ0n) is 17.2. The van der Waals surface area contributed by atoms with Crippen LogP contribution in [0.2, 0.25) is 0 Å². The number of hydrogen-bond donors (Lipinski definition) is 0. The molecule has 1 fully saturated rings. The van der Waals surface area contributed by atoms with Gasteiger partial charge in [-0.25, -0.2) is 8.42 Å². The maximum atomic E-state index is 13.3. The van der Waals surface area contributed by atoms with Gasteiger partial charge in [0.25, 0.3) is 0 Å². The number of sulfonamides is 1. The molecule has 0 aliphatic carbocycles. The van der Waals surface area contributed by atoms with Crippen LogP contribution in [-0.2, 0) is 21.4 Å². The molecule has 2 aliphatic rings. The zero-order chi connectivity index (χ0) is 21.4. The maximum Gasteiger partial charge on any atom is 0.243 e. The van der Waals surface area contributed by atoms with Gasteiger partial charge >= 0.3 is 0 Å². The van der Waals surface area contributed by atoms with Crippen molar-refractivity contribution in [1.29, 1.82) is 0 Å². The standard InChI is InChI=1S/C22H26N2O5S/c1-17(25)23-14-18-6-3-4-7-21(18)29-22(15-23)12-5-13-24(16-22)30(26,27)20-10-8-19(28-2)9-11-20/h3-4,6-11H,5,12-16H2,1-2H3/t22-/m1/s1. The van der Waals surface area contributed by atoms with E-state index >= 15 is 0 Å². The van der Waals surface area contributed by atoms with Crippen LogP contribution in [0, 0.1) is 0 Å². The second kappa shape index (κ2) is 7.92. The van der Waals surface area contributed by atoms with Crippen LogP contribution in [0.5, 0.6) is 11.5 Å². The van der Waals surface area contributed by atoms with Crippen LogP contribution in [0.15, 0.2) is 53.4 Å². The topological polar surface area (TPSA) is 76.2 Å². The third kappa shape index (κ3) is 3.89. The van der Waals surface area contributed by atoms with E-state index in [1.807, 2.05) is 24.3 Å². The monoisotopic (exact) mass is 430 g/mol. The molecule has 8 heteroatoms. The maximum absolute atomic E-state index is 13.3. The molecule has 0 saturated carbocycles. The van der Waals surface area contributed by atoms with Crippen molar-refractivity contribution in [2.24, 2.45) is 0 Å². The van der Waals surface area contributed by atoms with Crippen molar-refractivity contribution in [2.45, 2.75) is 36.8 Å². The zero-order valence-corrected chi connectivity index (χ0v) is 18.0. The lowest BCUT2D eigenvalue weighted by Crippen LogP contribution is -2.58. The van der Waals surface area contributed by atoms with Crippen LogP contribution in [0.3, 0.4) is 0 Å². The number of benzene rings is 2. The molecule has 160 valence electrons. The fourth-order valence-corrected chi connectivity index (χ4v) is 5.76. The van der Waals surface area contributed by atoms with E-state index in [9.17, 15) is 13.2 Å². The van der Waals surface area contributed by atoms with Crippen LogP contribution in [0.25, 0.3) is 0 Å². The predicted octanol–water partition coefficient (Wildman–Crippen LogP) is 2.66. The predicted molar refractivity (Wildman–Crippen MR) is 112 cm³/mol. The largest absolute Gasteiger partial charge is 0.497 e. The number of para-hydroxylation sites is 1. The van der Waals surface area contributed by atoms with E-state index < -0.39 is 15.6 Å². The van der Waals surface area contributed by atoms with Crippen molar-refractivity contribution >= 4 is 15.9 Å². The van der Waals surface area contributed by atoms with Gasteiger partial charge in [0.15, 0.2) is 0 Å². The molecule has 1 amide bonds. The molecular formula is C22H26N2O5S. The van der Waals surface area contributed by atoms with Crippen LogP contribution in [-0.4, -0.2) is 55.9 Å². The summed E-state index contributed by atoms with van der Waals surface area (Å²) in [6.45, 7) is 2.96. The highest BCUT2D eigenvalue weighted by Gasteiger charge is 2.45. The molecule has 2 aromatic carbocycles. The first-order chi connectivity index (χ1) is 14.3. The number of carbonyl (C=O) groups is 1. The lowest BCUT2D eigenvalue weighted by atomic mass is 9.93. The summed E-state index contributed by atoms with van der Waals surface area (Å²) in [5.74, 6) is 1.26. The molecule has 30 heavy (non-hydrogen) atoms. The number of rotatable bonds is 3. The highest BCUT2D eigenvalue weighted by molar-refractivity contribution is 7.89. The van der Waals surface area contributed by atoms with Crippen molar-refractivity contribution < 1.29 is 22.7 Å². The minimum absolute atomic E-state index is 0.0511. The van der Waals surface area contributed by atoms with Crippen LogP contribution in [0.4, 0.5) is 0 Å². The van der Waals surface area contributed by atoms with Crippen molar-refractivity contribution in [3.05, 3.63) is 54.1 Å². The lowest BCUT2D eigenvalue weighted by molar-refractivity contribution is -0.132. The van der Waals surface area contributed by atoms with E-state index in [1.54, 1.807) is 36.3 Å². The minimum atomic E-state index is -3.70. The normalized spacial score (nSPS) is 22.1. The molecule has 0 N–H and O–H groups in total. The Kier molecular flexibility index (Phi) is 5.46. The fraction of sp³-hybridized carbons (Fsp3) is 0.409. The summed E-state index contributed by atoms with van der Waals surface area (Å²) in [6.07, 6.45) is 1.34. The van der Waals surface area contributed by atoms with Gasteiger partial charge in [0.1, 0.15) is 17.1 Å². The smallest absolute Gasteiger partial charge is 0.243 e. The van der Waals surface area contributed by atoms with Gasteiger partial charge < -0.3 is 14.4 Å². The molecule has 1 saturated heterocycles. The van der Waals surface area contributed by atoms with Gasteiger partial charge in [-0.3, -0.25) is 4.79 Å². The molecule has 0 radical (unpaired) electrons. The molecule has 1 atom stereocenters. The van der Waals surface area contributed by atoms with Crippen molar-refractivity contribution in [3.8, 4) is 11.5 Å². The molecule has 7 nitrogen and oxygen atoms in total. The van der Waals surface area contributed by atoms with E-state index in [-0.39, 0.29) is 17.3 Å². The molecule has 0 unspecified atom stereocenters. The molecule has 0 bridgehead atoms. The Labute approximate surface area is 177 Å². The second-order valence-corrected chi connectivity index (χ2v) is 9.82. The molecule has 2 heterocycles. The van der Waals surface area contributed by atoms with Gasteiger partial charge in [-0.05, 0) is 43.2 Å². The average molecular weight is 431 g/mol. The van der Waals surface area contributed by atoms with E-state index in [2.05, 4.69) is 0 Å². The lowest BCUT2D eigenvalue weighted by Gasteiger charge is -2.43. The second-order valence-electron chi connectivity index (χ2n) is 7.89. The summed E-state index contributed by atoms with van der Waals surface area (Å²) < 4.78 is 39.7. The summed E-state index contributed by atoms with van der Waals surface area (Å²) >= 11 is 0. The highest BCUT2D eigenvalue weighted by Crippen LogP contribution is 2.36. The Morgan fingerprint density at radius 2 is 1.83 bits per heavy atom. The summed E-state index contributed by atoms with van der Waals surface area (Å²) in [5, 5.41) is 0. The van der Waals surface area contributed by atoms with E-state index in [4.69, 9.17) is 9.47 Å². The molecule has 2 aliphatic heterocycles. The first-order valence-corrected chi connectivity index (χ1v) is 11.4. The summed E-state index contributed by atoms with van der Waals surface area (Å²) in [7, 11) is -2.15. The first kappa shape index (κ1) is 20.7. The molecular weight excluding hydrogens is 404 g/mol. The van der Waals surface area contributed by atoms with Gasteiger partial charge in [-0.1, -0.05) is 18.2 Å². The quantitative estimate of drug-likeness (QED) is 0.748. The number of hydrogen-bond acceptors (Lipinski definition) is 5. The Morgan fingerprint density at radius 3 is 2.53 bits per heavy atom. The van der Waals surface area contributed by atoms with Crippen molar-refractivity contribution in [2.75, 3.05) is 26.7 Å². The number of piperidine rings is 1. The van der Waals surface area contributed by atoms with Gasteiger partial charge in [0, 0.05) is 25.6 Å². The van der Waals surface area contributed by atoms with E-state index in [0.717, 1.165) is 5.56 Å². The SMILES string of the molecule is COc1ccc(S(=O)(=O)N2CCC[C@@]3(CN(C(C)=O)Cc4ccccc4O3)C2)cc1. The average Bonchev–Trinajstić information content (AvgIpc) is 2.90. The molecule has 0 aromatic heterocycles. The third-order valence-corrected chi connectivity index (χ3v) is 7.65. The number of carbonyl (C=O) groups excluding carboxylic acids is 1. The van der Waals surface area contributed by atoms with Gasteiger partial charge in [0.2, 0.25) is 15.9 Å². The van der Waals surface area contributed by atoms with Crippen molar-refractivity contribution in [1.82, 2.24) is 9.21 Å². The van der Waals surface area contributed by atoms with Gasteiger partial charge in [-0.2, -0.15) is 4.31 Å². The molecule has 1 spiro atoms. The first-order valence-electron chi connectivity index (χ1n) is 10.00. The Morgan fingerprint density at radius 1 is 1.10 bits per heavy atom. The van der Waals surface area contributed by atoms with E-state index in [1.165, 1.54) is 11.2 Å². The van der Waals surface area contributed by atoms with Crippen molar-refractivity contribution in [3.63, 3.8) is 0 Å². The number of fused-ring (bicyclic) bond motifs is 1. The number of ether oxygens (including phenoxy) is 2. The fourth-order valence-electron chi connectivity index (χ4n) is 4.20. The van der Waals surface area contributed by atoms with Crippen LogP contribution >= 0.6 is 0 Å². The number of methoxy groups -OCH3 is 1. The van der Waals surface area contributed by atoms with E-state index in [0.29, 0.717) is 44.0 Å². The van der Waals surface area contributed by atoms with Gasteiger partial charge in [-0.15, -0.1) is 0 Å². The molecule has 4 rings (SSSR count). The van der Waals surface area contributed by atoms with Crippen LogP contribution in [0.1, 0.15) is 25.3 Å². The molecule has 2 aromatic rings. The minimum Gasteiger partial charge on any atom is -0.497 e. The van der Waals surface area contributed by atoms with Gasteiger partial charge in [0.05, 0.1) is 25.1 Å². The van der Waals surface area contributed by atoms with Crippen LogP contribution < -0.4 is 9.47 Å². The Balaban J connectivity index is 1.66.